The van der Waals surface area contributed by atoms with Crippen LogP contribution in [-0.4, -0.2) is 22.8 Å². The van der Waals surface area contributed by atoms with E-state index in [1.165, 1.54) is 22.3 Å². The monoisotopic (exact) mass is 460 g/mol. The van der Waals surface area contributed by atoms with Crippen molar-refractivity contribution in [1.82, 2.24) is 0 Å². The predicted octanol–water partition coefficient (Wildman–Crippen LogP) is 5.63. The molecule has 1 atom stereocenters. The van der Waals surface area contributed by atoms with Crippen molar-refractivity contribution >= 4 is 46.3 Å². The van der Waals surface area contributed by atoms with Crippen LogP contribution in [0.25, 0.3) is 0 Å². The average Bonchev–Trinajstić information content (AvgIpc) is 3.25. The van der Waals surface area contributed by atoms with Crippen LogP contribution in [0.4, 0.5) is 20.2 Å². The number of thiophene rings is 1. The normalized spacial score (nSPS) is 11.7. The summed E-state index contributed by atoms with van der Waals surface area (Å²) in [6.07, 6.45) is 0. The van der Waals surface area contributed by atoms with E-state index >= 15 is 0 Å². The Hall–Kier alpha value is -2.71. The molecule has 3 rings (SSSR count). The van der Waals surface area contributed by atoms with E-state index in [1.54, 1.807) is 6.92 Å². The van der Waals surface area contributed by atoms with Crippen LogP contribution in [0.3, 0.4) is 0 Å². The number of hydrogen-bond acceptors (Lipinski definition) is 4. The Bertz CT molecular complexity index is 1040. The fourth-order valence-electron chi connectivity index (χ4n) is 2.87. The highest BCUT2D eigenvalue weighted by Gasteiger charge is 2.26. The summed E-state index contributed by atoms with van der Waals surface area (Å²) in [4.78, 5) is 27.6. The Morgan fingerprint density at radius 1 is 1.13 bits per heavy atom. The van der Waals surface area contributed by atoms with Crippen molar-refractivity contribution < 1.29 is 18.4 Å². The average molecular weight is 461 g/mol. The van der Waals surface area contributed by atoms with Gasteiger partial charge in [0.25, 0.3) is 0 Å². The van der Waals surface area contributed by atoms with Gasteiger partial charge in [0.2, 0.25) is 11.8 Å². The molecule has 1 N–H and O–H groups in total. The van der Waals surface area contributed by atoms with E-state index in [0.717, 1.165) is 34.3 Å². The van der Waals surface area contributed by atoms with E-state index in [1.807, 2.05) is 48.7 Å². The lowest BCUT2D eigenvalue weighted by Gasteiger charge is -2.25. The van der Waals surface area contributed by atoms with Gasteiger partial charge in [-0.05, 0) is 49.6 Å². The summed E-state index contributed by atoms with van der Waals surface area (Å²) >= 11 is 2.61. The molecule has 1 heterocycles. The van der Waals surface area contributed by atoms with Gasteiger partial charge >= 0.3 is 0 Å². The first-order valence-electron chi connectivity index (χ1n) is 9.60. The van der Waals surface area contributed by atoms with Gasteiger partial charge in [-0.25, -0.2) is 8.78 Å². The number of benzene rings is 2. The van der Waals surface area contributed by atoms with Gasteiger partial charge in [0.1, 0.15) is 11.6 Å². The number of amides is 2. The highest BCUT2D eigenvalue weighted by atomic mass is 32.2. The lowest BCUT2D eigenvalue weighted by atomic mass is 10.2. The second kappa shape index (κ2) is 10.5. The standard InChI is InChI=1S/C23H22F2N2O2S2/c1-15-5-8-18(9-6-15)26-22(28)14-31-16(2)23(29)27(13-19-4-3-11-30-19)21-10-7-17(24)12-20(21)25/h3-12,16H,13-14H2,1-2H3,(H,26,28). The summed E-state index contributed by atoms with van der Waals surface area (Å²) in [5.74, 6) is -2.03. The molecular formula is C23H22F2N2O2S2. The molecule has 2 amide bonds. The maximum absolute atomic E-state index is 14.4. The predicted molar refractivity (Wildman–Crippen MR) is 124 cm³/mol. The first kappa shape index (κ1) is 23.0. The Morgan fingerprint density at radius 2 is 1.87 bits per heavy atom. The molecule has 0 spiro atoms. The van der Waals surface area contributed by atoms with Crippen molar-refractivity contribution in [3.8, 4) is 0 Å². The number of carbonyl (C=O) groups excluding carboxylic acids is 2. The van der Waals surface area contributed by atoms with Gasteiger partial charge in [-0.15, -0.1) is 23.1 Å². The molecule has 0 radical (unpaired) electrons. The van der Waals surface area contributed by atoms with Gasteiger partial charge in [0, 0.05) is 16.6 Å². The zero-order valence-corrected chi connectivity index (χ0v) is 18.7. The fraction of sp³-hybridized carbons (Fsp3) is 0.217. The second-order valence-corrected chi connectivity index (χ2v) is 9.33. The minimum Gasteiger partial charge on any atom is -0.325 e. The van der Waals surface area contributed by atoms with Crippen molar-refractivity contribution in [2.75, 3.05) is 16.0 Å². The van der Waals surface area contributed by atoms with Crippen LogP contribution in [-0.2, 0) is 16.1 Å². The molecular weight excluding hydrogens is 438 g/mol. The lowest BCUT2D eigenvalue weighted by molar-refractivity contribution is -0.118. The molecule has 0 saturated heterocycles. The number of hydrogen-bond donors (Lipinski definition) is 1. The molecule has 31 heavy (non-hydrogen) atoms. The molecule has 0 fully saturated rings. The van der Waals surface area contributed by atoms with Crippen LogP contribution in [0, 0.1) is 18.6 Å². The van der Waals surface area contributed by atoms with Crippen LogP contribution in [0.1, 0.15) is 17.4 Å². The quantitative estimate of drug-likeness (QED) is 0.474. The zero-order valence-electron chi connectivity index (χ0n) is 17.1. The number of anilines is 2. The topological polar surface area (TPSA) is 49.4 Å². The summed E-state index contributed by atoms with van der Waals surface area (Å²) < 4.78 is 27.8. The molecule has 8 heteroatoms. The summed E-state index contributed by atoms with van der Waals surface area (Å²) in [6.45, 7) is 3.80. The minimum absolute atomic E-state index is 0.0105. The molecule has 3 aromatic rings. The van der Waals surface area contributed by atoms with Gasteiger partial charge in [-0.1, -0.05) is 23.8 Å². The summed E-state index contributed by atoms with van der Waals surface area (Å²) in [5, 5.41) is 4.06. The summed E-state index contributed by atoms with van der Waals surface area (Å²) in [7, 11) is 0. The summed E-state index contributed by atoms with van der Waals surface area (Å²) in [6, 6.07) is 14.3. The fourth-order valence-corrected chi connectivity index (χ4v) is 4.30. The third-order valence-corrected chi connectivity index (χ3v) is 6.50. The third-order valence-electron chi connectivity index (χ3n) is 4.51. The molecule has 1 aromatic heterocycles. The molecule has 0 aliphatic rings. The number of carbonyl (C=O) groups is 2. The minimum atomic E-state index is -0.806. The molecule has 4 nitrogen and oxygen atoms in total. The SMILES string of the molecule is Cc1ccc(NC(=O)CSC(C)C(=O)N(Cc2cccs2)c2ccc(F)cc2F)cc1. The Kier molecular flexibility index (Phi) is 7.81. The lowest BCUT2D eigenvalue weighted by Crippen LogP contribution is -2.37. The highest BCUT2D eigenvalue weighted by Crippen LogP contribution is 2.27. The maximum Gasteiger partial charge on any atom is 0.240 e. The van der Waals surface area contributed by atoms with Crippen molar-refractivity contribution in [3.05, 3.63) is 82.1 Å². The van der Waals surface area contributed by atoms with E-state index in [-0.39, 0.29) is 29.8 Å². The Balaban J connectivity index is 1.67. The van der Waals surface area contributed by atoms with Crippen molar-refractivity contribution in [2.24, 2.45) is 0 Å². The van der Waals surface area contributed by atoms with Gasteiger partial charge in [0.05, 0.1) is 23.2 Å². The van der Waals surface area contributed by atoms with Crippen molar-refractivity contribution in [3.63, 3.8) is 0 Å². The van der Waals surface area contributed by atoms with Crippen molar-refractivity contribution in [1.29, 1.82) is 0 Å². The largest absolute Gasteiger partial charge is 0.325 e. The molecule has 0 aliphatic carbocycles. The van der Waals surface area contributed by atoms with Crippen LogP contribution in [0.5, 0.6) is 0 Å². The van der Waals surface area contributed by atoms with Crippen LogP contribution >= 0.6 is 23.1 Å². The van der Waals surface area contributed by atoms with Gasteiger partial charge in [0.15, 0.2) is 0 Å². The molecule has 0 bridgehead atoms. The number of aryl methyl sites for hydroxylation is 1. The van der Waals surface area contributed by atoms with Crippen LogP contribution < -0.4 is 10.2 Å². The molecule has 0 aliphatic heterocycles. The van der Waals surface area contributed by atoms with E-state index in [0.29, 0.717) is 5.69 Å². The van der Waals surface area contributed by atoms with Crippen molar-refractivity contribution in [2.45, 2.75) is 25.6 Å². The number of halogens is 2. The smallest absolute Gasteiger partial charge is 0.240 e. The highest BCUT2D eigenvalue weighted by molar-refractivity contribution is 8.01. The second-order valence-electron chi connectivity index (χ2n) is 6.97. The molecule has 1 unspecified atom stereocenters. The van der Waals surface area contributed by atoms with Gasteiger partial charge in [-0.3, -0.25) is 9.59 Å². The number of thioether (sulfide) groups is 1. The number of nitrogens with zero attached hydrogens (tertiary/aromatic N) is 1. The maximum atomic E-state index is 14.4. The molecule has 162 valence electrons. The first-order chi connectivity index (χ1) is 14.8. The number of rotatable bonds is 8. The van der Waals surface area contributed by atoms with E-state index in [9.17, 15) is 18.4 Å². The van der Waals surface area contributed by atoms with Crippen LogP contribution in [0.2, 0.25) is 0 Å². The third kappa shape index (κ3) is 6.38. The molecule has 0 saturated carbocycles. The van der Waals surface area contributed by atoms with Gasteiger partial charge < -0.3 is 10.2 Å². The summed E-state index contributed by atoms with van der Waals surface area (Å²) in [5.41, 5.74) is 1.78. The Morgan fingerprint density at radius 3 is 2.52 bits per heavy atom. The van der Waals surface area contributed by atoms with E-state index in [2.05, 4.69) is 5.32 Å². The van der Waals surface area contributed by atoms with E-state index in [4.69, 9.17) is 0 Å². The Labute approximate surface area is 188 Å². The van der Waals surface area contributed by atoms with Crippen LogP contribution in [0.15, 0.2) is 60.0 Å². The number of nitrogens with one attached hydrogen (secondary N) is 1. The van der Waals surface area contributed by atoms with E-state index < -0.39 is 16.9 Å². The van der Waals surface area contributed by atoms with Gasteiger partial charge in [-0.2, -0.15) is 0 Å². The first-order valence-corrected chi connectivity index (χ1v) is 11.5. The molecule has 2 aromatic carbocycles. The zero-order chi connectivity index (χ0) is 22.4.